The first-order valence-corrected chi connectivity index (χ1v) is 9.53. The van der Waals surface area contributed by atoms with E-state index in [4.69, 9.17) is 0 Å². The molecule has 1 aromatic heterocycles. The Morgan fingerprint density at radius 1 is 1.28 bits per heavy atom. The molecular weight excluding hydrogens is 387 g/mol. The van der Waals surface area contributed by atoms with Crippen LogP contribution in [0.3, 0.4) is 0 Å². The topological polar surface area (TPSA) is 3.24 Å². The Morgan fingerprint density at radius 2 is 2.11 bits per heavy atom. The number of nitrogens with zero attached hydrogens (tertiary/aromatic N) is 1. The van der Waals surface area contributed by atoms with Crippen LogP contribution < -0.4 is 4.31 Å². The van der Waals surface area contributed by atoms with Crippen LogP contribution >= 0.6 is 41.7 Å². The Balaban J connectivity index is 2.31. The smallest absolute Gasteiger partial charge is 0.169 e. The number of halogens is 3. The van der Waals surface area contributed by atoms with Gasteiger partial charge in [0.25, 0.3) is 0 Å². The fraction of sp³-hybridized carbons (Fsp3) is 0.167. The van der Waals surface area contributed by atoms with Crippen molar-refractivity contribution in [1.29, 1.82) is 0 Å². The van der Waals surface area contributed by atoms with Crippen molar-refractivity contribution in [3.8, 4) is 10.4 Å². The number of hydrogen-bond donors (Lipinski definition) is 0. The molecule has 0 atom stereocenters. The van der Waals surface area contributed by atoms with Gasteiger partial charge in [-0.25, -0.2) is 8.78 Å². The molecule has 0 spiro atoms. The van der Waals surface area contributed by atoms with E-state index in [0.29, 0.717) is 5.56 Å². The van der Waals surface area contributed by atoms with Crippen LogP contribution in [0.5, 0.6) is 0 Å². The number of rotatable bonds is 1. The Bertz CT molecular complexity index is 600. The minimum atomic E-state index is -0.784. The normalized spacial score (nSPS) is 14.1. The molecule has 0 aliphatic carbocycles. The highest BCUT2D eigenvalue weighted by molar-refractivity contribution is 14.2. The monoisotopic (exact) mass is 395 g/mol. The first-order valence-electron chi connectivity index (χ1n) is 5.33. The maximum atomic E-state index is 14.1. The molecule has 0 N–H and O–H groups in total. The van der Waals surface area contributed by atoms with E-state index in [1.165, 1.54) is 26.5 Å². The van der Waals surface area contributed by atoms with Crippen molar-refractivity contribution in [3.05, 3.63) is 40.8 Å². The summed E-state index contributed by atoms with van der Waals surface area (Å²) < 4.78 is 29.6. The standard InChI is InChI=1S/C12H8F2INS2/c13-8-1-2-9-10(11(8)14)12-7(4-6-17-12)3-5-16(9)18-15/h1-2,4,6H,3,5H2. The predicted molar refractivity (Wildman–Crippen MR) is 82.3 cm³/mol. The number of anilines is 1. The fourth-order valence-corrected chi connectivity index (χ4v) is 4.75. The molecule has 0 bridgehead atoms. The third-order valence-corrected chi connectivity index (χ3v) is 5.93. The van der Waals surface area contributed by atoms with Gasteiger partial charge in [-0.15, -0.1) is 11.3 Å². The summed E-state index contributed by atoms with van der Waals surface area (Å²) in [5, 5.41) is 1.94. The van der Waals surface area contributed by atoms with Crippen molar-refractivity contribution < 1.29 is 8.78 Å². The Hall–Kier alpha value is -0.340. The molecule has 2 heterocycles. The fourth-order valence-electron chi connectivity index (χ4n) is 2.13. The minimum absolute atomic E-state index is 0.404. The lowest BCUT2D eigenvalue weighted by atomic mass is 10.1. The molecule has 0 saturated carbocycles. The highest BCUT2D eigenvalue weighted by Crippen LogP contribution is 2.44. The molecular formula is C12H8F2INS2. The molecule has 0 saturated heterocycles. The summed E-state index contributed by atoms with van der Waals surface area (Å²) in [7, 11) is 1.51. The highest BCUT2D eigenvalue weighted by atomic mass is 127. The summed E-state index contributed by atoms with van der Waals surface area (Å²) >= 11 is 3.64. The van der Waals surface area contributed by atoms with Crippen molar-refractivity contribution in [1.82, 2.24) is 0 Å². The van der Waals surface area contributed by atoms with Crippen LogP contribution in [0.15, 0.2) is 23.6 Å². The predicted octanol–water partition coefficient (Wildman–Crippen LogP) is 5.05. The van der Waals surface area contributed by atoms with Crippen molar-refractivity contribution >= 4 is 47.3 Å². The second-order valence-corrected chi connectivity index (χ2v) is 6.63. The van der Waals surface area contributed by atoms with Crippen LogP contribution in [0, 0.1) is 11.6 Å². The molecule has 6 heteroatoms. The molecule has 1 nitrogen and oxygen atoms in total. The average molecular weight is 395 g/mol. The van der Waals surface area contributed by atoms with E-state index in [2.05, 4.69) is 21.2 Å². The van der Waals surface area contributed by atoms with E-state index in [1.54, 1.807) is 6.07 Å². The van der Waals surface area contributed by atoms with E-state index in [9.17, 15) is 8.78 Å². The first kappa shape index (κ1) is 12.7. The molecule has 0 fully saturated rings. The lowest BCUT2D eigenvalue weighted by Gasteiger charge is -2.20. The molecule has 2 aromatic rings. The molecule has 18 heavy (non-hydrogen) atoms. The summed E-state index contributed by atoms with van der Waals surface area (Å²) in [5.74, 6) is -1.53. The van der Waals surface area contributed by atoms with Gasteiger partial charge in [0.2, 0.25) is 0 Å². The number of fused-ring (bicyclic) bond motifs is 3. The van der Waals surface area contributed by atoms with Crippen LogP contribution in [0.25, 0.3) is 10.4 Å². The maximum Gasteiger partial charge on any atom is 0.169 e. The molecule has 1 aromatic carbocycles. The van der Waals surface area contributed by atoms with Gasteiger partial charge in [-0.1, -0.05) is 0 Å². The van der Waals surface area contributed by atoms with Gasteiger partial charge in [0.15, 0.2) is 11.6 Å². The zero-order valence-electron chi connectivity index (χ0n) is 9.12. The van der Waals surface area contributed by atoms with Gasteiger partial charge in [0.05, 0.1) is 11.3 Å². The third kappa shape index (κ3) is 1.94. The second-order valence-electron chi connectivity index (χ2n) is 3.95. The largest absolute Gasteiger partial charge is 0.307 e. The zero-order chi connectivity index (χ0) is 12.7. The summed E-state index contributed by atoms with van der Waals surface area (Å²) in [4.78, 5) is 0.856. The van der Waals surface area contributed by atoms with Crippen molar-refractivity contribution in [2.45, 2.75) is 6.42 Å². The second kappa shape index (κ2) is 4.97. The Kier molecular flexibility index (Phi) is 3.50. The lowest BCUT2D eigenvalue weighted by molar-refractivity contribution is 0.511. The Morgan fingerprint density at radius 3 is 2.89 bits per heavy atom. The van der Waals surface area contributed by atoms with Crippen LogP contribution in [0.2, 0.25) is 0 Å². The molecule has 1 aliphatic rings. The average Bonchev–Trinajstić information content (AvgIpc) is 2.77. The molecule has 3 rings (SSSR count). The van der Waals surface area contributed by atoms with Gasteiger partial charge < -0.3 is 4.31 Å². The number of hydrogen-bond acceptors (Lipinski definition) is 3. The number of thiophene rings is 1. The molecule has 0 amide bonds. The van der Waals surface area contributed by atoms with Gasteiger partial charge >= 0.3 is 0 Å². The van der Waals surface area contributed by atoms with Crippen molar-refractivity contribution in [3.63, 3.8) is 0 Å². The summed E-state index contributed by atoms with van der Waals surface area (Å²) in [6.07, 6.45) is 0.852. The van der Waals surface area contributed by atoms with Gasteiger partial charge in [-0.05, 0) is 35.6 Å². The third-order valence-electron chi connectivity index (χ3n) is 2.98. The van der Waals surface area contributed by atoms with Gasteiger partial charge in [0.1, 0.15) is 0 Å². The van der Waals surface area contributed by atoms with Crippen LogP contribution in [-0.2, 0) is 6.42 Å². The zero-order valence-corrected chi connectivity index (χ0v) is 12.9. The minimum Gasteiger partial charge on any atom is -0.307 e. The molecule has 1 aliphatic heterocycles. The SMILES string of the molecule is Fc1ccc2c(c1F)-c1sccc1CCN2SI. The van der Waals surface area contributed by atoms with E-state index in [1.807, 2.05) is 15.8 Å². The summed E-state index contributed by atoms with van der Waals surface area (Å²) in [6.45, 7) is 0.801. The number of benzene rings is 1. The molecule has 0 unspecified atom stereocenters. The molecule has 94 valence electrons. The van der Waals surface area contributed by atoms with Crippen molar-refractivity contribution in [2.24, 2.45) is 0 Å². The van der Waals surface area contributed by atoms with Gasteiger partial charge in [-0.2, -0.15) is 0 Å². The van der Waals surface area contributed by atoms with Crippen LogP contribution in [-0.4, -0.2) is 6.54 Å². The van der Waals surface area contributed by atoms with Crippen LogP contribution in [0.4, 0.5) is 14.5 Å². The van der Waals surface area contributed by atoms with E-state index < -0.39 is 11.6 Å². The maximum absolute atomic E-state index is 14.1. The highest BCUT2D eigenvalue weighted by Gasteiger charge is 2.25. The van der Waals surface area contributed by atoms with E-state index >= 15 is 0 Å². The lowest BCUT2D eigenvalue weighted by Crippen LogP contribution is -2.15. The van der Waals surface area contributed by atoms with Crippen molar-refractivity contribution in [2.75, 3.05) is 10.8 Å². The van der Waals surface area contributed by atoms with Gasteiger partial charge in [-0.3, -0.25) is 0 Å². The van der Waals surface area contributed by atoms with E-state index in [-0.39, 0.29) is 0 Å². The van der Waals surface area contributed by atoms with Gasteiger partial charge in [0, 0.05) is 41.7 Å². The quantitative estimate of drug-likeness (QED) is 0.491. The first-order chi connectivity index (χ1) is 8.72. The Labute approximate surface area is 124 Å². The van der Waals surface area contributed by atoms with E-state index in [0.717, 1.165) is 29.1 Å². The summed E-state index contributed by atoms with van der Waals surface area (Å²) in [6, 6.07) is 4.86. The molecule has 0 radical (unpaired) electrons. The summed E-state index contributed by atoms with van der Waals surface area (Å²) in [5.41, 5.74) is 2.26. The van der Waals surface area contributed by atoms with Crippen LogP contribution in [0.1, 0.15) is 5.56 Å².